The Balaban J connectivity index is 1.72. The summed E-state index contributed by atoms with van der Waals surface area (Å²) < 4.78 is 69.1. The zero-order valence-electron chi connectivity index (χ0n) is 15.8. The van der Waals surface area contributed by atoms with Crippen LogP contribution in [0.4, 0.5) is 27.6 Å². The fourth-order valence-corrected chi connectivity index (χ4v) is 3.38. The van der Waals surface area contributed by atoms with E-state index < -0.39 is 45.7 Å². The molecule has 0 aliphatic rings. The average Bonchev–Trinajstić information content (AvgIpc) is 3.37. The molecule has 3 aromatic heterocycles. The second-order valence-corrected chi connectivity index (χ2v) is 7.15. The van der Waals surface area contributed by atoms with E-state index in [-0.39, 0.29) is 21.2 Å². The Morgan fingerprint density at radius 3 is 2.27 bits per heavy atom. The van der Waals surface area contributed by atoms with Gasteiger partial charge in [0.25, 0.3) is 5.91 Å². The molecular formula is C18H8Cl2F5N7O. The van der Waals surface area contributed by atoms with Crippen LogP contribution in [-0.2, 0) is 6.18 Å². The van der Waals surface area contributed by atoms with Crippen LogP contribution in [0.1, 0.15) is 16.1 Å². The van der Waals surface area contributed by atoms with Gasteiger partial charge in [-0.25, -0.2) is 18.4 Å². The minimum atomic E-state index is -5.15. The maximum Gasteiger partial charge on any atom is 0.434 e. The largest absolute Gasteiger partial charge is 0.434 e. The monoisotopic (exact) mass is 503 g/mol. The lowest BCUT2D eigenvalue weighted by molar-refractivity contribution is -0.143. The lowest BCUT2D eigenvalue weighted by Crippen LogP contribution is -2.21. The number of pyridine rings is 1. The molecule has 0 fully saturated rings. The van der Waals surface area contributed by atoms with Gasteiger partial charge in [-0.2, -0.15) is 28.5 Å². The summed E-state index contributed by atoms with van der Waals surface area (Å²) in [6.07, 6.45) is -0.704. The molecule has 0 spiro atoms. The van der Waals surface area contributed by atoms with Gasteiger partial charge in [-0.1, -0.05) is 23.2 Å². The second kappa shape index (κ2) is 8.41. The number of rotatable bonds is 4. The van der Waals surface area contributed by atoms with Crippen molar-refractivity contribution in [1.82, 2.24) is 29.8 Å². The van der Waals surface area contributed by atoms with E-state index in [4.69, 9.17) is 23.2 Å². The first-order chi connectivity index (χ1) is 15.6. The quantitative estimate of drug-likeness (QED) is 0.407. The fraction of sp³-hybridized carbons (Fsp3) is 0.0556. The van der Waals surface area contributed by atoms with Crippen molar-refractivity contribution in [2.24, 2.45) is 0 Å². The molecule has 1 N–H and O–H groups in total. The van der Waals surface area contributed by atoms with Gasteiger partial charge in [-0.3, -0.25) is 4.79 Å². The van der Waals surface area contributed by atoms with E-state index >= 15 is 0 Å². The third-order valence-electron chi connectivity index (χ3n) is 4.16. The van der Waals surface area contributed by atoms with Crippen LogP contribution in [0.15, 0.2) is 43.0 Å². The molecule has 4 aromatic rings. The first kappa shape index (κ1) is 22.6. The number of anilines is 1. The van der Waals surface area contributed by atoms with Gasteiger partial charge < -0.3 is 5.32 Å². The van der Waals surface area contributed by atoms with Crippen molar-refractivity contribution in [1.29, 1.82) is 0 Å². The van der Waals surface area contributed by atoms with E-state index in [0.29, 0.717) is 18.3 Å². The Morgan fingerprint density at radius 1 is 0.970 bits per heavy atom. The van der Waals surface area contributed by atoms with Crippen LogP contribution < -0.4 is 5.32 Å². The van der Waals surface area contributed by atoms with E-state index in [9.17, 15) is 26.7 Å². The summed E-state index contributed by atoms with van der Waals surface area (Å²) in [6, 6.07) is 2.18. The van der Waals surface area contributed by atoms with E-state index in [1.807, 2.05) is 0 Å². The summed E-state index contributed by atoms with van der Waals surface area (Å²) >= 11 is 11.8. The fourth-order valence-electron chi connectivity index (χ4n) is 2.86. The molecule has 0 aliphatic carbocycles. The highest BCUT2D eigenvalue weighted by molar-refractivity contribution is 6.32. The van der Waals surface area contributed by atoms with Crippen LogP contribution in [0.5, 0.6) is 0 Å². The number of alkyl halides is 3. The van der Waals surface area contributed by atoms with Crippen molar-refractivity contribution >= 4 is 34.8 Å². The van der Waals surface area contributed by atoms with Gasteiger partial charge in [0.05, 0.1) is 46.1 Å². The Kier molecular flexibility index (Phi) is 5.76. The smallest absolute Gasteiger partial charge is 0.320 e. The molecule has 0 saturated heterocycles. The molecule has 1 amide bonds. The lowest BCUT2D eigenvalue weighted by Gasteiger charge is -2.14. The van der Waals surface area contributed by atoms with Crippen LogP contribution >= 0.6 is 23.2 Å². The molecule has 15 heteroatoms. The minimum absolute atomic E-state index is 0.00379. The molecule has 170 valence electrons. The van der Waals surface area contributed by atoms with Crippen molar-refractivity contribution in [3.63, 3.8) is 0 Å². The SMILES string of the molecule is O=C(Nc1cnc(-n2nccn2)c(Cl)c1)c1cnn(-c2c(F)cc(F)cc2Cl)c1C(F)(F)F. The van der Waals surface area contributed by atoms with E-state index in [1.165, 1.54) is 18.5 Å². The number of halogens is 7. The van der Waals surface area contributed by atoms with Gasteiger partial charge in [0.2, 0.25) is 0 Å². The number of aromatic nitrogens is 6. The number of nitrogens with one attached hydrogen (secondary N) is 1. The minimum Gasteiger partial charge on any atom is -0.320 e. The summed E-state index contributed by atoms with van der Waals surface area (Å²) in [7, 11) is 0. The number of carbonyl (C=O) groups is 1. The first-order valence-corrected chi connectivity index (χ1v) is 9.45. The average molecular weight is 504 g/mol. The molecular weight excluding hydrogens is 496 g/mol. The molecule has 0 bridgehead atoms. The van der Waals surface area contributed by atoms with Crippen molar-refractivity contribution in [3.05, 3.63) is 75.9 Å². The highest BCUT2D eigenvalue weighted by Crippen LogP contribution is 2.36. The van der Waals surface area contributed by atoms with E-state index in [1.54, 1.807) is 0 Å². The van der Waals surface area contributed by atoms with Gasteiger partial charge in [0.1, 0.15) is 11.5 Å². The molecule has 0 radical (unpaired) electrons. The second-order valence-electron chi connectivity index (χ2n) is 6.34. The van der Waals surface area contributed by atoms with Crippen molar-refractivity contribution in [2.45, 2.75) is 6.18 Å². The van der Waals surface area contributed by atoms with Crippen molar-refractivity contribution in [3.8, 4) is 11.5 Å². The zero-order chi connectivity index (χ0) is 23.9. The molecule has 4 rings (SSSR count). The molecule has 33 heavy (non-hydrogen) atoms. The number of nitrogens with zero attached hydrogens (tertiary/aromatic N) is 6. The number of carbonyl (C=O) groups excluding carboxylic acids is 1. The van der Waals surface area contributed by atoms with Gasteiger partial charge in [0, 0.05) is 6.07 Å². The highest BCUT2D eigenvalue weighted by Gasteiger charge is 2.41. The Labute approximate surface area is 190 Å². The predicted octanol–water partition coefficient (Wildman–Crippen LogP) is 4.70. The van der Waals surface area contributed by atoms with Crippen LogP contribution in [0.25, 0.3) is 11.5 Å². The number of benzene rings is 1. The molecule has 0 saturated carbocycles. The molecule has 0 atom stereocenters. The zero-order valence-corrected chi connectivity index (χ0v) is 17.3. The first-order valence-electron chi connectivity index (χ1n) is 8.70. The molecule has 1 aromatic carbocycles. The topological polar surface area (TPSA) is 90.5 Å². The van der Waals surface area contributed by atoms with Crippen LogP contribution in [0, 0.1) is 11.6 Å². The van der Waals surface area contributed by atoms with Crippen LogP contribution in [-0.4, -0.2) is 35.7 Å². The predicted molar refractivity (Wildman–Crippen MR) is 106 cm³/mol. The lowest BCUT2D eigenvalue weighted by atomic mass is 10.2. The Morgan fingerprint density at radius 2 is 1.67 bits per heavy atom. The summed E-state index contributed by atoms with van der Waals surface area (Å²) in [5.74, 6) is -3.63. The number of hydrogen-bond donors (Lipinski definition) is 1. The molecule has 3 heterocycles. The Hall–Kier alpha value is -3.58. The third-order valence-corrected chi connectivity index (χ3v) is 4.73. The van der Waals surface area contributed by atoms with Gasteiger partial charge in [-0.15, -0.1) is 4.80 Å². The number of hydrogen-bond acceptors (Lipinski definition) is 5. The summed E-state index contributed by atoms with van der Waals surface area (Å²) in [6.45, 7) is 0. The van der Waals surface area contributed by atoms with Gasteiger partial charge in [-0.05, 0) is 12.1 Å². The maximum atomic E-state index is 14.2. The third kappa shape index (κ3) is 4.36. The van der Waals surface area contributed by atoms with Crippen molar-refractivity contribution in [2.75, 3.05) is 5.32 Å². The van der Waals surface area contributed by atoms with Crippen LogP contribution in [0.3, 0.4) is 0 Å². The van der Waals surface area contributed by atoms with E-state index in [2.05, 4.69) is 25.6 Å². The molecule has 0 aliphatic heterocycles. The normalized spacial score (nSPS) is 11.6. The molecule has 8 nitrogen and oxygen atoms in total. The molecule has 0 unspecified atom stereocenters. The van der Waals surface area contributed by atoms with Crippen molar-refractivity contribution < 1.29 is 26.7 Å². The van der Waals surface area contributed by atoms with Gasteiger partial charge >= 0.3 is 6.18 Å². The van der Waals surface area contributed by atoms with Gasteiger partial charge in [0.15, 0.2) is 17.3 Å². The highest BCUT2D eigenvalue weighted by atomic mass is 35.5. The standard InChI is InChI=1S/C18H8Cl2F5N7O/c19-11-3-8(21)4-13(22)14(11)31-15(18(23,24)25)10(7-29-31)17(33)30-9-5-12(20)16(26-6-9)32-27-1-2-28-32/h1-7H,(H,30,33). The maximum absolute atomic E-state index is 14.2. The number of amides is 1. The van der Waals surface area contributed by atoms with E-state index in [0.717, 1.165) is 11.0 Å². The summed E-state index contributed by atoms with van der Waals surface area (Å²) in [5, 5.41) is 12.7. The Bertz CT molecular complexity index is 1330. The van der Waals surface area contributed by atoms with Crippen LogP contribution in [0.2, 0.25) is 10.0 Å². The summed E-state index contributed by atoms with van der Waals surface area (Å²) in [5.41, 5.74) is -3.49. The summed E-state index contributed by atoms with van der Waals surface area (Å²) in [4.78, 5) is 17.7.